The zero-order valence-corrected chi connectivity index (χ0v) is 36.0. The number of ketones is 1. The van der Waals surface area contributed by atoms with E-state index < -0.39 is 48.0 Å². The molecular weight excluding hydrogens is 749 g/mol. The molecule has 0 spiro atoms. The number of ether oxygens (including phenoxy) is 3. The second kappa shape index (κ2) is 17.1. The molecule has 0 radical (unpaired) electrons. The average Bonchev–Trinajstić information content (AvgIpc) is 3.27. The third-order valence-corrected chi connectivity index (χ3v) is 18.1. The van der Waals surface area contributed by atoms with Gasteiger partial charge in [0.25, 0.3) is 0 Å². The molecule has 330 valence electrons. The highest BCUT2D eigenvalue weighted by atomic mass is 16.6. The lowest BCUT2D eigenvalue weighted by Gasteiger charge is -2.63. The van der Waals surface area contributed by atoms with Gasteiger partial charge in [0.15, 0.2) is 0 Å². The quantitative estimate of drug-likeness (QED) is 0.123. The Hall–Kier alpha value is -1.74. The molecule has 22 atom stereocenters. The van der Waals surface area contributed by atoms with Crippen LogP contribution in [-0.2, 0) is 23.8 Å². The van der Waals surface area contributed by atoms with Crippen molar-refractivity contribution >= 4 is 11.8 Å². The SMILES string of the molecule is CC=C(C)C(=O)OC1CC2C(O)C3C(=O)CC(CO)OC3C3C4CC5CC(O)CCC5CCC(CC(CC5C[NH2+]C6NC(C)C=CC6C5)C1(C)OC23)C1C(N)NCCC41. The number of nitrogens with two attached hydrogens (primary N) is 2. The van der Waals surface area contributed by atoms with E-state index in [1.165, 1.54) is 0 Å². The number of rotatable bonds is 5. The van der Waals surface area contributed by atoms with Crippen LogP contribution in [0, 0.1) is 71.0 Å². The maximum Gasteiger partial charge on any atom is 0.333 e. The standard InChI is InChI=1S/C47H74N4O8/c1-5-23(2)46(56)58-37-20-35-41(55)40-36(54)19-32(22-52)57-43(40)39-34-18-29-17-31(53)11-10-26(29)8-9-27(38-33(34)12-13-49-44(38)48)16-30(47(37,4)59-42(35)39)15-25-14-28-7-6-24(3)51-45(28)50-21-25/h5-7,24-35,37-45,49-53,55H,8-22,48H2,1-4H3/p+1. The number of carbonyl (C=O) groups excluding carboxylic acids is 2. The Balaban J connectivity index is 1.20. The van der Waals surface area contributed by atoms with Crippen LogP contribution in [0.3, 0.4) is 0 Å². The highest BCUT2D eigenvalue weighted by molar-refractivity contribution is 5.87. The molecule has 6 aliphatic heterocycles. The number of aliphatic hydroxyl groups excluding tert-OH is 3. The van der Waals surface area contributed by atoms with E-state index in [0.29, 0.717) is 47.9 Å². The Morgan fingerprint density at radius 2 is 1.80 bits per heavy atom. The van der Waals surface area contributed by atoms with E-state index in [1.807, 2.05) is 6.92 Å². The molecule has 4 bridgehead atoms. The van der Waals surface area contributed by atoms with Crippen LogP contribution in [0.4, 0.5) is 0 Å². The molecule has 3 saturated carbocycles. The van der Waals surface area contributed by atoms with Gasteiger partial charge < -0.3 is 45.9 Å². The lowest BCUT2D eigenvalue weighted by atomic mass is 9.52. The van der Waals surface area contributed by atoms with Crippen LogP contribution in [0.1, 0.15) is 105 Å². The first-order chi connectivity index (χ1) is 28.4. The molecule has 0 aromatic carbocycles. The first-order valence-electron chi connectivity index (χ1n) is 23.8. The predicted octanol–water partition coefficient (Wildman–Crippen LogP) is 2.54. The highest BCUT2D eigenvalue weighted by Crippen LogP contribution is 2.60. The lowest BCUT2D eigenvalue weighted by Crippen LogP contribution is -2.98. The van der Waals surface area contributed by atoms with Gasteiger partial charge in [0, 0.05) is 41.7 Å². The second-order valence-electron chi connectivity index (χ2n) is 21.2. The number of Topliss-reactive ketones (excluding diaryl/α,β-unsaturated/α-hetero) is 1. The van der Waals surface area contributed by atoms with Gasteiger partial charge in [0.05, 0.1) is 55.8 Å². The van der Waals surface area contributed by atoms with E-state index in [4.69, 9.17) is 19.9 Å². The number of quaternary nitrogens is 1. The Bertz CT molecular complexity index is 1610. The van der Waals surface area contributed by atoms with Crippen LogP contribution in [0.2, 0.25) is 0 Å². The zero-order valence-electron chi connectivity index (χ0n) is 36.0. The molecule has 9 aliphatic rings. The molecule has 3 aliphatic carbocycles. The van der Waals surface area contributed by atoms with Crippen molar-refractivity contribution in [2.24, 2.45) is 76.7 Å². The Kier molecular flexibility index (Phi) is 12.3. The van der Waals surface area contributed by atoms with Crippen molar-refractivity contribution < 1.29 is 44.4 Å². The summed E-state index contributed by atoms with van der Waals surface area (Å²) in [7, 11) is 0. The first kappa shape index (κ1) is 42.6. The summed E-state index contributed by atoms with van der Waals surface area (Å²) in [6.07, 6.45) is 12.9. The fraction of sp³-hybridized carbons (Fsp3) is 0.872. The monoisotopic (exact) mass is 824 g/mol. The lowest BCUT2D eigenvalue weighted by molar-refractivity contribution is -0.715. The number of esters is 1. The van der Waals surface area contributed by atoms with Crippen molar-refractivity contribution in [3.63, 3.8) is 0 Å². The maximum atomic E-state index is 14.3. The molecule has 0 aromatic heterocycles. The van der Waals surface area contributed by atoms with E-state index in [-0.39, 0.29) is 72.6 Å². The van der Waals surface area contributed by atoms with Crippen molar-refractivity contribution in [1.82, 2.24) is 10.6 Å². The molecule has 8 fully saturated rings. The number of nitrogens with one attached hydrogen (secondary N) is 2. The van der Waals surface area contributed by atoms with Gasteiger partial charge in [0.2, 0.25) is 0 Å². The van der Waals surface area contributed by atoms with Gasteiger partial charge >= 0.3 is 5.97 Å². The average molecular weight is 824 g/mol. The fourth-order valence-corrected chi connectivity index (χ4v) is 15.0. The predicted molar refractivity (Wildman–Crippen MR) is 221 cm³/mol. The van der Waals surface area contributed by atoms with Gasteiger partial charge in [-0.25, -0.2) is 4.79 Å². The number of hydrogen-bond donors (Lipinski definition) is 7. The maximum absolute atomic E-state index is 14.3. The largest absolute Gasteiger partial charge is 0.456 e. The third-order valence-electron chi connectivity index (χ3n) is 18.1. The summed E-state index contributed by atoms with van der Waals surface area (Å²) in [5.74, 6) is 0.522. The van der Waals surface area contributed by atoms with Gasteiger partial charge in [0.1, 0.15) is 23.7 Å². The van der Waals surface area contributed by atoms with Crippen LogP contribution in [0.5, 0.6) is 0 Å². The normalized spacial score (nSPS) is 52.4. The van der Waals surface area contributed by atoms with Crippen molar-refractivity contribution in [2.75, 3.05) is 19.7 Å². The summed E-state index contributed by atoms with van der Waals surface area (Å²) in [6, 6.07) is 0.357. The molecule has 0 aromatic rings. The van der Waals surface area contributed by atoms with Crippen molar-refractivity contribution in [3.05, 3.63) is 23.8 Å². The van der Waals surface area contributed by atoms with Crippen molar-refractivity contribution in [3.8, 4) is 0 Å². The molecule has 5 saturated heterocycles. The highest BCUT2D eigenvalue weighted by Gasteiger charge is 2.66. The van der Waals surface area contributed by atoms with Crippen molar-refractivity contribution in [1.29, 1.82) is 0 Å². The minimum atomic E-state index is -1.04. The van der Waals surface area contributed by atoms with E-state index in [2.05, 4.69) is 41.9 Å². The molecule has 22 unspecified atom stereocenters. The summed E-state index contributed by atoms with van der Waals surface area (Å²) in [5, 5.41) is 44.2. The minimum absolute atomic E-state index is 0.0252. The molecule has 12 nitrogen and oxygen atoms in total. The topological polar surface area (TPSA) is 189 Å². The Morgan fingerprint density at radius 1 is 1.00 bits per heavy atom. The van der Waals surface area contributed by atoms with Gasteiger partial charge in [-0.15, -0.1) is 0 Å². The van der Waals surface area contributed by atoms with E-state index in [9.17, 15) is 24.9 Å². The molecular formula is C47H75N4O8+. The summed E-state index contributed by atoms with van der Waals surface area (Å²) < 4.78 is 21.4. The van der Waals surface area contributed by atoms with Gasteiger partial charge in [-0.1, -0.05) is 18.2 Å². The second-order valence-corrected chi connectivity index (χ2v) is 21.2. The number of fused-ring (bicyclic) bond motifs is 6. The number of hydrogen-bond acceptors (Lipinski definition) is 11. The van der Waals surface area contributed by atoms with Crippen LogP contribution >= 0.6 is 0 Å². The van der Waals surface area contributed by atoms with Crippen LogP contribution in [0.25, 0.3) is 0 Å². The Morgan fingerprint density at radius 3 is 2.59 bits per heavy atom. The molecule has 9 rings (SSSR count). The van der Waals surface area contributed by atoms with Gasteiger partial charge in [-0.2, -0.15) is 0 Å². The van der Waals surface area contributed by atoms with Gasteiger partial charge in [-0.05, 0) is 146 Å². The number of piperidine rings is 2. The summed E-state index contributed by atoms with van der Waals surface area (Å²) in [5.41, 5.74) is 6.99. The number of aliphatic hydroxyl groups is 3. The molecule has 6 heterocycles. The first-order valence-corrected chi connectivity index (χ1v) is 23.8. The van der Waals surface area contributed by atoms with Crippen LogP contribution in [0.15, 0.2) is 23.8 Å². The zero-order chi connectivity index (χ0) is 41.3. The molecule has 0 amide bonds. The van der Waals surface area contributed by atoms with E-state index in [0.717, 1.165) is 77.3 Å². The molecule has 12 heteroatoms. The smallest absolute Gasteiger partial charge is 0.333 e. The molecule has 59 heavy (non-hydrogen) atoms. The fourth-order valence-electron chi connectivity index (χ4n) is 15.0. The van der Waals surface area contributed by atoms with Crippen molar-refractivity contribution in [2.45, 2.75) is 165 Å². The summed E-state index contributed by atoms with van der Waals surface area (Å²) in [4.78, 5) is 28.2. The minimum Gasteiger partial charge on any atom is -0.456 e. The van der Waals surface area contributed by atoms with E-state index in [1.54, 1.807) is 13.0 Å². The third kappa shape index (κ3) is 7.85. The van der Waals surface area contributed by atoms with Crippen LogP contribution in [-0.4, -0.2) is 107 Å². The molecule has 9 N–H and O–H groups in total. The summed E-state index contributed by atoms with van der Waals surface area (Å²) in [6.45, 7) is 9.61. The van der Waals surface area contributed by atoms with E-state index >= 15 is 0 Å². The Labute approximate surface area is 351 Å². The number of allylic oxidation sites excluding steroid dienone is 1. The van der Waals surface area contributed by atoms with Gasteiger partial charge in [-0.3, -0.25) is 10.1 Å². The summed E-state index contributed by atoms with van der Waals surface area (Å²) >= 11 is 0. The number of carbonyl (C=O) groups is 2. The van der Waals surface area contributed by atoms with Crippen LogP contribution < -0.4 is 21.7 Å².